The number of carbonyl (C=O) groups is 2. The zero-order valence-electron chi connectivity index (χ0n) is 16.3. The predicted molar refractivity (Wildman–Crippen MR) is 114 cm³/mol. The van der Waals surface area contributed by atoms with Crippen molar-refractivity contribution in [1.29, 1.82) is 0 Å². The summed E-state index contributed by atoms with van der Waals surface area (Å²) >= 11 is 4.82. The predicted octanol–water partition coefficient (Wildman–Crippen LogP) is 4.93. The van der Waals surface area contributed by atoms with Crippen LogP contribution in [0.3, 0.4) is 0 Å². The first-order valence-corrected chi connectivity index (χ1v) is 10.9. The van der Waals surface area contributed by atoms with Gasteiger partial charge in [0.2, 0.25) is 5.91 Å². The third-order valence-corrected chi connectivity index (χ3v) is 5.28. The molecular formula is C20H25BrN2O4S. The van der Waals surface area contributed by atoms with E-state index in [1.807, 2.05) is 12.1 Å². The standard InChI is InChI=1S/C20H25BrN2O4S/c1-4-26-19(25)11-15-12-28-20(22-15)23-18(24)6-5-9-27-17-8-7-14(13(2)3)10-16(17)21/h7-8,10,12-13H,4-6,9,11H2,1-3H3,(H,22,23,24). The van der Waals surface area contributed by atoms with Crippen LogP contribution in [-0.2, 0) is 20.7 Å². The highest BCUT2D eigenvalue weighted by atomic mass is 79.9. The minimum atomic E-state index is -0.324. The Morgan fingerprint density at radius 3 is 2.79 bits per heavy atom. The number of carbonyl (C=O) groups excluding carboxylic acids is 2. The van der Waals surface area contributed by atoms with Crippen LogP contribution < -0.4 is 10.1 Å². The van der Waals surface area contributed by atoms with Gasteiger partial charge in [0, 0.05) is 11.8 Å². The number of benzene rings is 1. The van der Waals surface area contributed by atoms with E-state index in [4.69, 9.17) is 9.47 Å². The monoisotopic (exact) mass is 468 g/mol. The van der Waals surface area contributed by atoms with E-state index < -0.39 is 0 Å². The number of hydrogen-bond donors (Lipinski definition) is 1. The number of amides is 1. The Hall–Kier alpha value is -1.93. The molecule has 0 aliphatic rings. The topological polar surface area (TPSA) is 77.5 Å². The fourth-order valence-electron chi connectivity index (χ4n) is 2.40. The van der Waals surface area contributed by atoms with Gasteiger partial charge in [-0.3, -0.25) is 9.59 Å². The van der Waals surface area contributed by atoms with Crippen molar-refractivity contribution in [2.75, 3.05) is 18.5 Å². The Kier molecular flexibility index (Phi) is 8.92. The Morgan fingerprint density at radius 2 is 2.11 bits per heavy atom. The van der Waals surface area contributed by atoms with Gasteiger partial charge in [-0.1, -0.05) is 19.9 Å². The molecule has 152 valence electrons. The van der Waals surface area contributed by atoms with Crippen molar-refractivity contribution >= 4 is 44.3 Å². The lowest BCUT2D eigenvalue weighted by Gasteiger charge is -2.11. The van der Waals surface area contributed by atoms with Gasteiger partial charge in [-0.25, -0.2) is 4.98 Å². The quantitative estimate of drug-likeness (QED) is 0.394. The second kappa shape index (κ2) is 11.2. The maximum Gasteiger partial charge on any atom is 0.311 e. The lowest BCUT2D eigenvalue weighted by atomic mass is 10.0. The minimum Gasteiger partial charge on any atom is -0.492 e. The normalized spacial score (nSPS) is 10.8. The van der Waals surface area contributed by atoms with Crippen LogP contribution >= 0.6 is 27.3 Å². The van der Waals surface area contributed by atoms with E-state index in [1.165, 1.54) is 16.9 Å². The fraction of sp³-hybridized carbons (Fsp3) is 0.450. The maximum absolute atomic E-state index is 12.0. The van der Waals surface area contributed by atoms with Crippen molar-refractivity contribution in [3.8, 4) is 5.75 Å². The molecule has 1 aromatic carbocycles. The molecule has 0 unspecified atom stereocenters. The number of hydrogen-bond acceptors (Lipinski definition) is 6. The molecule has 2 rings (SSSR count). The number of thiazole rings is 1. The molecule has 6 nitrogen and oxygen atoms in total. The summed E-state index contributed by atoms with van der Waals surface area (Å²) in [5, 5.41) is 4.98. The molecule has 0 saturated heterocycles. The lowest BCUT2D eigenvalue weighted by Crippen LogP contribution is -2.13. The molecule has 0 spiro atoms. The van der Waals surface area contributed by atoms with E-state index in [0.717, 1.165) is 10.2 Å². The summed E-state index contributed by atoms with van der Waals surface area (Å²) < 4.78 is 11.6. The first-order chi connectivity index (χ1) is 13.4. The minimum absolute atomic E-state index is 0.110. The third kappa shape index (κ3) is 7.24. The number of ether oxygens (including phenoxy) is 2. The third-order valence-electron chi connectivity index (χ3n) is 3.86. The largest absolute Gasteiger partial charge is 0.492 e. The average Bonchev–Trinajstić information content (AvgIpc) is 3.06. The molecule has 0 radical (unpaired) electrons. The molecule has 1 N–H and O–H groups in total. The molecule has 1 heterocycles. The second-order valence-electron chi connectivity index (χ2n) is 6.47. The first-order valence-electron chi connectivity index (χ1n) is 9.21. The smallest absolute Gasteiger partial charge is 0.311 e. The van der Waals surface area contributed by atoms with Gasteiger partial charge in [-0.15, -0.1) is 11.3 Å². The molecule has 2 aromatic rings. The molecule has 0 saturated carbocycles. The highest BCUT2D eigenvalue weighted by molar-refractivity contribution is 9.10. The maximum atomic E-state index is 12.0. The molecule has 0 bridgehead atoms. The highest BCUT2D eigenvalue weighted by Crippen LogP contribution is 2.29. The van der Waals surface area contributed by atoms with Gasteiger partial charge in [0.05, 0.1) is 29.8 Å². The summed E-state index contributed by atoms with van der Waals surface area (Å²) in [4.78, 5) is 27.7. The van der Waals surface area contributed by atoms with Gasteiger partial charge in [0.1, 0.15) is 5.75 Å². The first kappa shape index (κ1) is 22.4. The zero-order chi connectivity index (χ0) is 20.5. The van der Waals surface area contributed by atoms with Crippen LogP contribution in [0, 0.1) is 0 Å². The number of halogens is 1. The van der Waals surface area contributed by atoms with Gasteiger partial charge in [-0.2, -0.15) is 0 Å². The molecular weight excluding hydrogens is 444 g/mol. The number of esters is 1. The number of aromatic nitrogens is 1. The molecule has 1 aromatic heterocycles. The number of rotatable bonds is 10. The van der Waals surface area contributed by atoms with E-state index >= 15 is 0 Å². The van der Waals surface area contributed by atoms with Crippen LogP contribution in [0.25, 0.3) is 0 Å². The van der Waals surface area contributed by atoms with Crippen LogP contribution in [0.15, 0.2) is 28.1 Å². The van der Waals surface area contributed by atoms with Crippen LogP contribution in [-0.4, -0.2) is 30.1 Å². The fourth-order valence-corrected chi connectivity index (χ4v) is 3.63. The summed E-state index contributed by atoms with van der Waals surface area (Å²) in [7, 11) is 0. The van der Waals surface area contributed by atoms with Gasteiger partial charge >= 0.3 is 5.97 Å². The van der Waals surface area contributed by atoms with Crippen molar-refractivity contribution in [3.63, 3.8) is 0 Å². The van der Waals surface area contributed by atoms with Crippen molar-refractivity contribution in [1.82, 2.24) is 4.98 Å². The Labute approximate surface area is 177 Å². The number of anilines is 1. The van der Waals surface area contributed by atoms with E-state index in [0.29, 0.717) is 42.8 Å². The van der Waals surface area contributed by atoms with Crippen molar-refractivity contribution in [2.45, 2.75) is 46.0 Å². The Balaban J connectivity index is 1.72. The number of nitrogens with zero attached hydrogens (tertiary/aromatic N) is 1. The van der Waals surface area contributed by atoms with Crippen LogP contribution in [0.4, 0.5) is 5.13 Å². The van der Waals surface area contributed by atoms with Gasteiger partial charge in [-0.05, 0) is 52.9 Å². The average molecular weight is 469 g/mol. The van der Waals surface area contributed by atoms with Crippen molar-refractivity contribution in [3.05, 3.63) is 39.3 Å². The van der Waals surface area contributed by atoms with Crippen LogP contribution in [0.1, 0.15) is 50.8 Å². The molecule has 0 fully saturated rings. The van der Waals surface area contributed by atoms with Crippen molar-refractivity contribution < 1.29 is 19.1 Å². The second-order valence-corrected chi connectivity index (χ2v) is 8.18. The van der Waals surface area contributed by atoms with Gasteiger partial charge in [0.15, 0.2) is 5.13 Å². The summed E-state index contributed by atoms with van der Waals surface area (Å²) in [5.74, 6) is 0.774. The van der Waals surface area contributed by atoms with E-state index in [-0.39, 0.29) is 18.3 Å². The van der Waals surface area contributed by atoms with Crippen molar-refractivity contribution in [2.24, 2.45) is 0 Å². The summed E-state index contributed by atoms with van der Waals surface area (Å²) in [6.45, 7) is 6.83. The Bertz CT molecular complexity index is 807. The SMILES string of the molecule is CCOC(=O)Cc1csc(NC(=O)CCCOc2ccc(C(C)C)cc2Br)n1. The summed E-state index contributed by atoms with van der Waals surface area (Å²) in [6.07, 6.45) is 1.03. The van der Waals surface area contributed by atoms with E-state index in [9.17, 15) is 9.59 Å². The van der Waals surface area contributed by atoms with Gasteiger partial charge in [0.25, 0.3) is 0 Å². The highest BCUT2D eigenvalue weighted by Gasteiger charge is 2.11. The van der Waals surface area contributed by atoms with E-state index in [2.05, 4.69) is 46.1 Å². The molecule has 28 heavy (non-hydrogen) atoms. The zero-order valence-corrected chi connectivity index (χ0v) is 18.7. The van der Waals surface area contributed by atoms with E-state index in [1.54, 1.807) is 12.3 Å². The van der Waals surface area contributed by atoms with Crippen LogP contribution in [0.5, 0.6) is 5.75 Å². The molecule has 0 aliphatic heterocycles. The van der Waals surface area contributed by atoms with Crippen LogP contribution in [0.2, 0.25) is 0 Å². The number of nitrogens with one attached hydrogen (secondary N) is 1. The molecule has 0 atom stereocenters. The molecule has 8 heteroatoms. The Morgan fingerprint density at radius 1 is 1.32 bits per heavy atom. The molecule has 1 amide bonds. The van der Waals surface area contributed by atoms with Gasteiger partial charge < -0.3 is 14.8 Å². The summed E-state index contributed by atoms with van der Waals surface area (Å²) in [6, 6.07) is 6.05. The molecule has 0 aliphatic carbocycles. The lowest BCUT2D eigenvalue weighted by molar-refractivity contribution is -0.142. The summed E-state index contributed by atoms with van der Waals surface area (Å²) in [5.41, 5.74) is 1.83.